The van der Waals surface area contributed by atoms with Crippen LogP contribution >= 0.6 is 11.6 Å². The Morgan fingerprint density at radius 1 is 1.17 bits per heavy atom. The number of ether oxygens (including phenoxy) is 1. The molecule has 0 amide bonds. The maximum atomic E-state index is 14.4. The van der Waals surface area contributed by atoms with Gasteiger partial charge in [-0.1, -0.05) is 11.6 Å². The van der Waals surface area contributed by atoms with E-state index in [0.29, 0.717) is 16.6 Å². The van der Waals surface area contributed by atoms with Gasteiger partial charge in [0.05, 0.1) is 23.4 Å². The van der Waals surface area contributed by atoms with Crippen LogP contribution < -0.4 is 4.74 Å². The summed E-state index contributed by atoms with van der Waals surface area (Å²) in [6, 6.07) is 3.91. The maximum absolute atomic E-state index is 14.4. The van der Waals surface area contributed by atoms with Gasteiger partial charge < -0.3 is 14.8 Å². The van der Waals surface area contributed by atoms with Gasteiger partial charge in [-0.25, -0.2) is 9.37 Å². The largest absolute Gasteiger partial charge is 0.434 e. The molecule has 0 aliphatic heterocycles. The van der Waals surface area contributed by atoms with Gasteiger partial charge in [0.15, 0.2) is 0 Å². The predicted octanol–water partition coefficient (Wildman–Crippen LogP) is 6.40. The topological polar surface area (TPSA) is 76.0 Å². The summed E-state index contributed by atoms with van der Waals surface area (Å²) < 4.78 is 61.1. The molecule has 6 nitrogen and oxygen atoms in total. The van der Waals surface area contributed by atoms with Crippen molar-refractivity contribution in [3.05, 3.63) is 65.0 Å². The molecule has 3 heterocycles. The van der Waals surface area contributed by atoms with E-state index >= 15 is 0 Å². The molecule has 0 radical (unpaired) electrons. The number of alkyl halides is 3. The highest BCUT2D eigenvalue weighted by atomic mass is 35.5. The van der Waals surface area contributed by atoms with E-state index < -0.39 is 35.8 Å². The van der Waals surface area contributed by atoms with E-state index in [4.69, 9.17) is 11.6 Å². The number of halogens is 5. The van der Waals surface area contributed by atoms with Crippen LogP contribution in [0.25, 0.3) is 22.2 Å². The maximum Gasteiger partial charge on any atom is 0.387 e. The summed E-state index contributed by atoms with van der Waals surface area (Å²) in [4.78, 5) is 7.38. The minimum atomic E-state index is -3.19. The zero-order valence-corrected chi connectivity index (χ0v) is 19.7. The third-order valence-electron chi connectivity index (χ3n) is 6.73. The average molecular weight is 523 g/mol. The smallest absolute Gasteiger partial charge is 0.387 e. The molecule has 11 heteroatoms. The Balaban J connectivity index is 1.53. The fourth-order valence-corrected chi connectivity index (χ4v) is 5.16. The van der Waals surface area contributed by atoms with E-state index in [1.165, 1.54) is 6.20 Å². The Bertz CT molecular complexity index is 1370. The number of fused-ring (bicyclic) bond motifs is 1. The van der Waals surface area contributed by atoms with Crippen molar-refractivity contribution in [3.8, 4) is 16.9 Å². The minimum Gasteiger partial charge on any atom is -0.434 e. The normalized spacial score (nSPS) is 19.2. The van der Waals surface area contributed by atoms with Crippen LogP contribution in [-0.4, -0.2) is 44.2 Å². The van der Waals surface area contributed by atoms with Crippen molar-refractivity contribution < 1.29 is 27.4 Å². The van der Waals surface area contributed by atoms with Crippen molar-refractivity contribution in [3.63, 3.8) is 0 Å². The number of nitrogens with zero attached hydrogens (tertiary/aromatic N) is 3. The molecule has 190 valence electrons. The molecular formula is C25H23ClF4N4O2. The first-order chi connectivity index (χ1) is 17.4. The number of hydrogen-bond donors (Lipinski definition) is 2. The highest BCUT2D eigenvalue weighted by Crippen LogP contribution is 2.42. The monoisotopic (exact) mass is 522 g/mol. The molecule has 2 N–H and O–H groups in total. The number of aliphatic hydroxyl groups is 1. The Kier molecular flexibility index (Phi) is 6.90. The highest BCUT2D eigenvalue weighted by molar-refractivity contribution is 6.31. The molecule has 0 saturated heterocycles. The summed E-state index contributed by atoms with van der Waals surface area (Å²) in [6.07, 6.45) is 9.63. The van der Waals surface area contributed by atoms with Crippen LogP contribution in [0.3, 0.4) is 0 Å². The Morgan fingerprint density at radius 2 is 1.94 bits per heavy atom. The van der Waals surface area contributed by atoms with Crippen molar-refractivity contribution in [2.45, 2.75) is 50.4 Å². The number of hydrogen-bond acceptors (Lipinski definition) is 4. The van der Waals surface area contributed by atoms with Crippen molar-refractivity contribution in [1.29, 1.82) is 0 Å². The van der Waals surface area contributed by atoms with Gasteiger partial charge in [0.25, 0.3) is 0 Å². The standard InChI is InChI=1S/C25H23ClF4N4O2/c26-23-20(28)5-6-21(36-25(29)30)22(23)18(8-27)19-11-32-24-17(19)7-13(9-31-24)14-10-33-34(12-14)15-1-3-16(35)4-2-15/h5-7,9-12,15-16,18,25,35H,1-4,8H2,(H,31,32)/t15?,16?,18-/m0/s1. The molecule has 1 fully saturated rings. The zero-order valence-electron chi connectivity index (χ0n) is 19.0. The predicted molar refractivity (Wildman–Crippen MR) is 127 cm³/mol. The Hall–Kier alpha value is -3.11. The van der Waals surface area contributed by atoms with Crippen LogP contribution in [0, 0.1) is 5.82 Å². The molecule has 36 heavy (non-hydrogen) atoms. The zero-order chi connectivity index (χ0) is 25.4. The summed E-state index contributed by atoms with van der Waals surface area (Å²) in [5.41, 5.74) is 2.15. The Morgan fingerprint density at radius 3 is 2.67 bits per heavy atom. The molecule has 0 bridgehead atoms. The fraction of sp³-hybridized carbons (Fsp3) is 0.360. The van der Waals surface area contributed by atoms with Crippen molar-refractivity contribution >= 4 is 22.6 Å². The highest BCUT2D eigenvalue weighted by Gasteiger charge is 2.28. The average Bonchev–Trinajstić information content (AvgIpc) is 3.51. The van der Waals surface area contributed by atoms with Gasteiger partial charge in [0.1, 0.15) is 23.9 Å². The van der Waals surface area contributed by atoms with E-state index in [1.54, 1.807) is 18.5 Å². The lowest BCUT2D eigenvalue weighted by Gasteiger charge is -2.25. The first kappa shape index (κ1) is 24.6. The fourth-order valence-electron chi connectivity index (χ4n) is 4.87. The number of aromatic nitrogens is 4. The van der Waals surface area contributed by atoms with E-state index in [0.717, 1.165) is 48.9 Å². The molecule has 1 aromatic carbocycles. The van der Waals surface area contributed by atoms with Crippen LogP contribution in [0.1, 0.15) is 48.8 Å². The lowest BCUT2D eigenvalue weighted by atomic mass is 9.91. The SMILES string of the molecule is OC1CCC(n2cc(-c3cnc4[nH]cc([C@H](CF)c5c(OC(F)F)ccc(F)c5Cl)c4c3)cn2)CC1. The summed E-state index contributed by atoms with van der Waals surface area (Å²) >= 11 is 6.12. The van der Waals surface area contributed by atoms with Gasteiger partial charge in [0.2, 0.25) is 0 Å². The van der Waals surface area contributed by atoms with Crippen molar-refractivity contribution in [2.24, 2.45) is 0 Å². The molecule has 5 rings (SSSR count). The van der Waals surface area contributed by atoms with Gasteiger partial charge in [0, 0.05) is 46.6 Å². The number of aromatic amines is 1. The van der Waals surface area contributed by atoms with Gasteiger partial charge >= 0.3 is 6.61 Å². The van der Waals surface area contributed by atoms with E-state index in [2.05, 4.69) is 19.8 Å². The summed E-state index contributed by atoms with van der Waals surface area (Å²) in [6.45, 7) is -4.23. The molecule has 4 aromatic rings. The minimum absolute atomic E-state index is 0.195. The van der Waals surface area contributed by atoms with Crippen LogP contribution in [0.5, 0.6) is 5.75 Å². The second-order valence-corrected chi connectivity index (χ2v) is 9.27. The molecule has 1 atom stereocenters. The number of rotatable bonds is 7. The lowest BCUT2D eigenvalue weighted by Crippen LogP contribution is -2.21. The van der Waals surface area contributed by atoms with Crippen LogP contribution in [0.2, 0.25) is 5.02 Å². The summed E-state index contributed by atoms with van der Waals surface area (Å²) in [5.74, 6) is -2.44. The third-order valence-corrected chi connectivity index (χ3v) is 7.11. The van der Waals surface area contributed by atoms with Crippen LogP contribution in [0.15, 0.2) is 43.0 Å². The second kappa shape index (κ2) is 10.1. The molecule has 0 unspecified atom stereocenters. The first-order valence-electron chi connectivity index (χ1n) is 11.5. The number of aliphatic hydroxyl groups excluding tert-OH is 1. The quantitative estimate of drug-likeness (QED) is 0.275. The number of benzene rings is 1. The van der Waals surface area contributed by atoms with Gasteiger partial charge in [-0.05, 0) is 49.4 Å². The molecule has 1 aliphatic rings. The summed E-state index contributed by atoms with van der Waals surface area (Å²) in [7, 11) is 0. The lowest BCUT2D eigenvalue weighted by molar-refractivity contribution is -0.0506. The van der Waals surface area contributed by atoms with E-state index in [1.807, 2.05) is 10.9 Å². The Labute approximate surface area is 208 Å². The molecule has 1 aliphatic carbocycles. The van der Waals surface area contributed by atoms with Gasteiger partial charge in [-0.15, -0.1) is 0 Å². The van der Waals surface area contributed by atoms with Gasteiger partial charge in [-0.3, -0.25) is 9.07 Å². The number of nitrogens with one attached hydrogen (secondary N) is 1. The molecular weight excluding hydrogens is 500 g/mol. The molecule has 3 aromatic heterocycles. The molecule has 1 saturated carbocycles. The first-order valence-corrected chi connectivity index (χ1v) is 11.9. The van der Waals surface area contributed by atoms with Gasteiger partial charge in [-0.2, -0.15) is 13.9 Å². The van der Waals surface area contributed by atoms with Crippen LogP contribution in [-0.2, 0) is 0 Å². The van der Waals surface area contributed by atoms with Crippen molar-refractivity contribution in [2.75, 3.05) is 6.67 Å². The van der Waals surface area contributed by atoms with E-state index in [-0.39, 0.29) is 17.7 Å². The third kappa shape index (κ3) is 4.67. The number of H-pyrrole nitrogens is 1. The summed E-state index contributed by atoms with van der Waals surface area (Å²) in [5, 5.41) is 14.3. The van der Waals surface area contributed by atoms with Crippen LogP contribution in [0.4, 0.5) is 17.6 Å². The number of pyridine rings is 1. The van der Waals surface area contributed by atoms with Crippen molar-refractivity contribution in [1.82, 2.24) is 19.7 Å². The van der Waals surface area contributed by atoms with E-state index in [9.17, 15) is 22.7 Å². The second-order valence-electron chi connectivity index (χ2n) is 8.89. The molecule has 0 spiro atoms.